The second kappa shape index (κ2) is 7.59. The van der Waals surface area contributed by atoms with Gasteiger partial charge in [0.2, 0.25) is 11.8 Å². The van der Waals surface area contributed by atoms with Gasteiger partial charge in [0, 0.05) is 19.0 Å². The van der Waals surface area contributed by atoms with E-state index in [1.165, 1.54) is 12.3 Å². The molecule has 8 nitrogen and oxygen atoms in total. The van der Waals surface area contributed by atoms with Crippen molar-refractivity contribution in [2.75, 3.05) is 13.2 Å². The lowest BCUT2D eigenvalue weighted by Crippen LogP contribution is -2.26. The molecular formula is C15H17ClN4O4. The van der Waals surface area contributed by atoms with Crippen LogP contribution in [0.3, 0.4) is 0 Å². The topological polar surface area (TPSA) is 99.4 Å². The van der Waals surface area contributed by atoms with Gasteiger partial charge < -0.3 is 19.3 Å². The SMILES string of the molecule is Cc1noc(CNC(=O)c2cnc(OC3CCOCC3)c(Cl)c2)n1. The smallest absolute Gasteiger partial charge is 0.253 e. The van der Waals surface area contributed by atoms with Crippen molar-refractivity contribution in [2.45, 2.75) is 32.4 Å². The fourth-order valence-electron chi connectivity index (χ4n) is 2.26. The largest absolute Gasteiger partial charge is 0.473 e. The highest BCUT2D eigenvalue weighted by molar-refractivity contribution is 6.32. The van der Waals surface area contributed by atoms with Crippen molar-refractivity contribution in [1.29, 1.82) is 0 Å². The van der Waals surface area contributed by atoms with Gasteiger partial charge in [-0.05, 0) is 13.0 Å². The molecule has 9 heteroatoms. The van der Waals surface area contributed by atoms with Crippen LogP contribution in [-0.2, 0) is 11.3 Å². The molecule has 2 aromatic rings. The number of ether oxygens (including phenoxy) is 2. The monoisotopic (exact) mass is 352 g/mol. The summed E-state index contributed by atoms with van der Waals surface area (Å²) in [5, 5.41) is 6.61. The predicted octanol–water partition coefficient (Wildman–Crippen LogP) is 1.91. The first-order valence-electron chi connectivity index (χ1n) is 7.59. The number of aryl methyl sites for hydroxylation is 1. The second-order valence-electron chi connectivity index (χ2n) is 5.36. The van der Waals surface area contributed by atoms with Gasteiger partial charge in [0.15, 0.2) is 5.82 Å². The van der Waals surface area contributed by atoms with Crippen LogP contribution < -0.4 is 10.1 Å². The molecule has 1 amide bonds. The lowest BCUT2D eigenvalue weighted by molar-refractivity contribution is 0.0238. The Morgan fingerprint density at radius 2 is 2.25 bits per heavy atom. The normalized spacial score (nSPS) is 15.2. The summed E-state index contributed by atoms with van der Waals surface area (Å²) >= 11 is 6.17. The van der Waals surface area contributed by atoms with E-state index in [0.29, 0.717) is 41.4 Å². The molecule has 1 aliphatic heterocycles. The van der Waals surface area contributed by atoms with Crippen molar-refractivity contribution >= 4 is 17.5 Å². The van der Waals surface area contributed by atoms with Gasteiger partial charge in [-0.1, -0.05) is 16.8 Å². The highest BCUT2D eigenvalue weighted by Gasteiger charge is 2.18. The highest BCUT2D eigenvalue weighted by atomic mass is 35.5. The Kier molecular flexibility index (Phi) is 5.27. The average molecular weight is 353 g/mol. The third-order valence-corrected chi connectivity index (χ3v) is 3.76. The molecule has 0 saturated carbocycles. The standard InChI is InChI=1S/C15H17ClN4O4/c1-9-19-13(24-20-9)8-17-14(21)10-6-12(16)15(18-7-10)23-11-2-4-22-5-3-11/h6-7,11H,2-5,8H2,1H3,(H,17,21). The van der Waals surface area contributed by atoms with E-state index in [-0.39, 0.29) is 18.6 Å². The van der Waals surface area contributed by atoms with Gasteiger partial charge in [0.1, 0.15) is 11.1 Å². The summed E-state index contributed by atoms with van der Waals surface area (Å²) in [6, 6.07) is 1.53. The molecule has 0 aliphatic carbocycles. The lowest BCUT2D eigenvalue weighted by Gasteiger charge is -2.23. The van der Waals surface area contributed by atoms with Crippen molar-refractivity contribution in [3.63, 3.8) is 0 Å². The van der Waals surface area contributed by atoms with E-state index in [1.807, 2.05) is 0 Å². The van der Waals surface area contributed by atoms with E-state index in [1.54, 1.807) is 6.92 Å². The van der Waals surface area contributed by atoms with Gasteiger partial charge in [-0.3, -0.25) is 4.79 Å². The summed E-state index contributed by atoms with van der Waals surface area (Å²) in [5.74, 6) is 0.837. The Morgan fingerprint density at radius 1 is 1.46 bits per heavy atom. The number of rotatable bonds is 5. The number of carbonyl (C=O) groups is 1. The summed E-state index contributed by atoms with van der Waals surface area (Å²) in [4.78, 5) is 20.3. The van der Waals surface area contributed by atoms with E-state index in [0.717, 1.165) is 12.8 Å². The molecule has 0 aromatic carbocycles. The first-order valence-corrected chi connectivity index (χ1v) is 7.97. The van der Waals surface area contributed by atoms with Gasteiger partial charge in [-0.15, -0.1) is 0 Å². The molecule has 0 spiro atoms. The van der Waals surface area contributed by atoms with E-state index in [4.69, 9.17) is 25.6 Å². The minimum absolute atomic E-state index is 0.0317. The summed E-state index contributed by atoms with van der Waals surface area (Å²) in [7, 11) is 0. The van der Waals surface area contributed by atoms with Crippen molar-refractivity contribution in [3.8, 4) is 5.88 Å². The molecule has 0 bridgehead atoms. The molecule has 3 rings (SSSR count). The molecule has 0 atom stereocenters. The van der Waals surface area contributed by atoms with Gasteiger partial charge in [-0.2, -0.15) is 4.98 Å². The van der Waals surface area contributed by atoms with Crippen molar-refractivity contribution in [2.24, 2.45) is 0 Å². The fourth-order valence-corrected chi connectivity index (χ4v) is 2.47. The Balaban J connectivity index is 1.59. The molecule has 0 radical (unpaired) electrons. The van der Waals surface area contributed by atoms with Crippen molar-refractivity contribution in [1.82, 2.24) is 20.4 Å². The number of hydrogen-bond donors (Lipinski definition) is 1. The van der Waals surface area contributed by atoms with E-state index in [2.05, 4.69) is 20.4 Å². The van der Waals surface area contributed by atoms with Crippen LogP contribution in [0, 0.1) is 6.92 Å². The van der Waals surface area contributed by atoms with Gasteiger partial charge in [-0.25, -0.2) is 4.98 Å². The van der Waals surface area contributed by atoms with E-state index in [9.17, 15) is 4.79 Å². The van der Waals surface area contributed by atoms with Crippen LogP contribution >= 0.6 is 11.6 Å². The predicted molar refractivity (Wildman–Crippen MR) is 83.9 cm³/mol. The molecule has 24 heavy (non-hydrogen) atoms. The third-order valence-electron chi connectivity index (χ3n) is 3.49. The zero-order valence-electron chi connectivity index (χ0n) is 13.1. The Morgan fingerprint density at radius 3 is 2.92 bits per heavy atom. The maximum absolute atomic E-state index is 12.1. The van der Waals surface area contributed by atoms with E-state index < -0.39 is 0 Å². The molecule has 1 fully saturated rings. The molecule has 1 aliphatic rings. The number of aromatic nitrogens is 3. The van der Waals surface area contributed by atoms with Crippen molar-refractivity contribution < 1.29 is 18.8 Å². The number of nitrogens with one attached hydrogen (secondary N) is 1. The van der Waals surface area contributed by atoms with Crippen LogP contribution in [0.4, 0.5) is 0 Å². The lowest BCUT2D eigenvalue weighted by atomic mass is 10.1. The maximum atomic E-state index is 12.1. The van der Waals surface area contributed by atoms with Crippen LogP contribution in [0.5, 0.6) is 5.88 Å². The molecule has 1 saturated heterocycles. The zero-order valence-corrected chi connectivity index (χ0v) is 13.9. The number of carbonyl (C=O) groups excluding carboxylic acids is 1. The number of hydrogen-bond acceptors (Lipinski definition) is 7. The van der Waals surface area contributed by atoms with Crippen LogP contribution in [-0.4, -0.2) is 40.3 Å². The molecule has 2 aromatic heterocycles. The summed E-state index contributed by atoms with van der Waals surface area (Å²) in [6.45, 7) is 3.17. The third kappa shape index (κ3) is 4.21. The van der Waals surface area contributed by atoms with Crippen molar-refractivity contribution in [3.05, 3.63) is 34.6 Å². The number of nitrogens with zero attached hydrogens (tertiary/aromatic N) is 3. The minimum Gasteiger partial charge on any atom is -0.473 e. The average Bonchev–Trinajstić information content (AvgIpc) is 3.01. The molecule has 128 valence electrons. The van der Waals surface area contributed by atoms with Crippen LogP contribution in [0.1, 0.15) is 34.9 Å². The Hall–Kier alpha value is -2.19. The molecule has 0 unspecified atom stereocenters. The molecule has 1 N–H and O–H groups in total. The Bertz CT molecular complexity index is 715. The number of amides is 1. The summed E-state index contributed by atoms with van der Waals surface area (Å²) in [5.41, 5.74) is 0.329. The Labute approximate surface area is 143 Å². The number of halogens is 1. The van der Waals surface area contributed by atoms with Gasteiger partial charge in [0.05, 0.1) is 25.3 Å². The zero-order chi connectivity index (χ0) is 16.9. The maximum Gasteiger partial charge on any atom is 0.253 e. The fraction of sp³-hybridized carbons (Fsp3) is 0.467. The first kappa shape index (κ1) is 16.7. The molecular weight excluding hydrogens is 336 g/mol. The summed E-state index contributed by atoms with van der Waals surface area (Å²) < 4.78 is 16.0. The van der Waals surface area contributed by atoms with Crippen LogP contribution in [0.15, 0.2) is 16.8 Å². The minimum atomic E-state index is -0.335. The second-order valence-corrected chi connectivity index (χ2v) is 5.77. The van der Waals surface area contributed by atoms with Crippen LogP contribution in [0.2, 0.25) is 5.02 Å². The van der Waals surface area contributed by atoms with E-state index >= 15 is 0 Å². The van der Waals surface area contributed by atoms with Gasteiger partial charge >= 0.3 is 0 Å². The van der Waals surface area contributed by atoms with Crippen LogP contribution in [0.25, 0.3) is 0 Å². The van der Waals surface area contributed by atoms with Gasteiger partial charge in [0.25, 0.3) is 5.91 Å². The first-order chi connectivity index (χ1) is 11.6. The summed E-state index contributed by atoms with van der Waals surface area (Å²) in [6.07, 6.45) is 3.05. The quantitative estimate of drug-likeness (QED) is 0.877. The highest BCUT2D eigenvalue weighted by Crippen LogP contribution is 2.25. The number of pyridine rings is 1. The molecule has 3 heterocycles.